The molecule has 0 aliphatic carbocycles. The SMILES string of the molecule is OCC/C=C/CCCCCCCCCl. The highest BCUT2D eigenvalue weighted by molar-refractivity contribution is 6.17. The molecule has 0 unspecified atom stereocenters. The summed E-state index contributed by atoms with van der Waals surface area (Å²) in [5.74, 6) is 0.809. The van der Waals surface area contributed by atoms with Gasteiger partial charge in [0.1, 0.15) is 0 Å². The Hall–Kier alpha value is -0.0100. The van der Waals surface area contributed by atoms with Crippen LogP contribution in [0.5, 0.6) is 0 Å². The average molecular weight is 219 g/mol. The van der Waals surface area contributed by atoms with Crippen LogP contribution in [0.1, 0.15) is 51.4 Å². The van der Waals surface area contributed by atoms with E-state index in [1.165, 1.54) is 32.1 Å². The van der Waals surface area contributed by atoms with Gasteiger partial charge in [-0.2, -0.15) is 0 Å². The number of unbranched alkanes of at least 4 members (excludes halogenated alkanes) is 6. The normalized spacial score (nSPS) is 11.3. The van der Waals surface area contributed by atoms with Crippen molar-refractivity contribution in [1.29, 1.82) is 0 Å². The predicted molar refractivity (Wildman–Crippen MR) is 63.9 cm³/mol. The molecule has 1 nitrogen and oxygen atoms in total. The molecule has 0 spiro atoms. The number of aliphatic hydroxyl groups is 1. The van der Waals surface area contributed by atoms with E-state index < -0.39 is 0 Å². The van der Waals surface area contributed by atoms with Crippen molar-refractivity contribution >= 4 is 11.6 Å². The zero-order chi connectivity index (χ0) is 10.5. The molecule has 0 saturated carbocycles. The molecule has 0 aliphatic rings. The molecular formula is C12H23ClO. The summed E-state index contributed by atoms with van der Waals surface area (Å²) in [6.07, 6.45) is 13.9. The summed E-state index contributed by atoms with van der Waals surface area (Å²) in [6, 6.07) is 0. The van der Waals surface area contributed by atoms with E-state index in [0.717, 1.165) is 25.1 Å². The minimum Gasteiger partial charge on any atom is -0.396 e. The summed E-state index contributed by atoms with van der Waals surface area (Å²) in [6.45, 7) is 0.273. The summed E-state index contributed by atoms with van der Waals surface area (Å²) in [4.78, 5) is 0. The molecule has 14 heavy (non-hydrogen) atoms. The molecule has 0 amide bonds. The Morgan fingerprint density at radius 1 is 0.786 bits per heavy atom. The van der Waals surface area contributed by atoms with Crippen LogP contribution >= 0.6 is 11.6 Å². The number of allylic oxidation sites excluding steroid dienone is 1. The van der Waals surface area contributed by atoms with Crippen molar-refractivity contribution in [3.63, 3.8) is 0 Å². The maximum Gasteiger partial charge on any atom is 0.0465 e. The van der Waals surface area contributed by atoms with E-state index in [-0.39, 0.29) is 6.61 Å². The molecule has 0 aliphatic heterocycles. The lowest BCUT2D eigenvalue weighted by Crippen LogP contribution is -1.80. The third-order valence-electron chi connectivity index (χ3n) is 2.22. The fraction of sp³-hybridized carbons (Fsp3) is 0.833. The largest absolute Gasteiger partial charge is 0.396 e. The lowest BCUT2D eigenvalue weighted by Gasteiger charge is -1.98. The van der Waals surface area contributed by atoms with E-state index >= 15 is 0 Å². The van der Waals surface area contributed by atoms with E-state index in [0.29, 0.717) is 0 Å². The number of rotatable bonds is 10. The summed E-state index contributed by atoms with van der Waals surface area (Å²) in [7, 11) is 0. The first kappa shape index (κ1) is 14.0. The van der Waals surface area contributed by atoms with E-state index in [4.69, 9.17) is 16.7 Å². The second-order valence-corrected chi connectivity index (χ2v) is 3.96. The smallest absolute Gasteiger partial charge is 0.0465 e. The fourth-order valence-corrected chi connectivity index (χ4v) is 1.56. The Balaban J connectivity index is 2.91. The zero-order valence-electron chi connectivity index (χ0n) is 9.05. The van der Waals surface area contributed by atoms with Crippen LogP contribution in [0, 0.1) is 0 Å². The van der Waals surface area contributed by atoms with Crippen molar-refractivity contribution in [2.24, 2.45) is 0 Å². The summed E-state index contributed by atoms with van der Waals surface area (Å²) in [5.41, 5.74) is 0. The highest BCUT2D eigenvalue weighted by atomic mass is 35.5. The molecule has 2 heteroatoms. The van der Waals surface area contributed by atoms with Gasteiger partial charge in [0.05, 0.1) is 0 Å². The van der Waals surface area contributed by atoms with Gasteiger partial charge in [0.2, 0.25) is 0 Å². The zero-order valence-corrected chi connectivity index (χ0v) is 9.81. The van der Waals surface area contributed by atoms with Crippen LogP contribution in [0.4, 0.5) is 0 Å². The third kappa shape index (κ3) is 12.0. The van der Waals surface area contributed by atoms with Crippen molar-refractivity contribution in [3.05, 3.63) is 12.2 Å². The van der Waals surface area contributed by atoms with Gasteiger partial charge in [-0.25, -0.2) is 0 Å². The van der Waals surface area contributed by atoms with Crippen molar-refractivity contribution in [1.82, 2.24) is 0 Å². The van der Waals surface area contributed by atoms with Crippen molar-refractivity contribution < 1.29 is 5.11 Å². The highest BCUT2D eigenvalue weighted by Crippen LogP contribution is 2.07. The van der Waals surface area contributed by atoms with Gasteiger partial charge in [-0.3, -0.25) is 0 Å². The third-order valence-corrected chi connectivity index (χ3v) is 2.48. The molecule has 0 rings (SSSR count). The molecule has 1 N–H and O–H groups in total. The van der Waals surface area contributed by atoms with Crippen LogP contribution in [0.2, 0.25) is 0 Å². The van der Waals surface area contributed by atoms with E-state index in [1.807, 2.05) is 0 Å². The van der Waals surface area contributed by atoms with Gasteiger partial charge in [-0.05, 0) is 25.7 Å². The van der Waals surface area contributed by atoms with Crippen LogP contribution in [0.15, 0.2) is 12.2 Å². The minimum atomic E-state index is 0.273. The van der Waals surface area contributed by atoms with Crippen LogP contribution in [0.3, 0.4) is 0 Å². The maximum atomic E-state index is 8.53. The Morgan fingerprint density at radius 3 is 2.00 bits per heavy atom. The summed E-state index contributed by atoms with van der Waals surface area (Å²) in [5, 5.41) is 8.53. The maximum absolute atomic E-state index is 8.53. The first-order valence-corrected chi connectivity index (χ1v) is 6.27. The van der Waals surface area contributed by atoms with Gasteiger partial charge in [0.15, 0.2) is 0 Å². The van der Waals surface area contributed by atoms with E-state index in [2.05, 4.69) is 12.2 Å². The van der Waals surface area contributed by atoms with E-state index in [1.54, 1.807) is 0 Å². The van der Waals surface area contributed by atoms with Gasteiger partial charge in [-0.1, -0.05) is 37.8 Å². The summed E-state index contributed by atoms with van der Waals surface area (Å²) >= 11 is 5.58. The van der Waals surface area contributed by atoms with Crippen molar-refractivity contribution in [2.75, 3.05) is 12.5 Å². The minimum absolute atomic E-state index is 0.273. The van der Waals surface area contributed by atoms with Gasteiger partial charge in [-0.15, -0.1) is 11.6 Å². The molecule has 0 radical (unpaired) electrons. The molecule has 0 heterocycles. The monoisotopic (exact) mass is 218 g/mol. The Labute approximate surface area is 93.2 Å². The Bertz CT molecular complexity index is 123. The van der Waals surface area contributed by atoms with Crippen LogP contribution < -0.4 is 0 Å². The molecule has 0 atom stereocenters. The molecule has 0 aromatic heterocycles. The van der Waals surface area contributed by atoms with Gasteiger partial charge < -0.3 is 5.11 Å². The molecule has 0 aromatic carbocycles. The molecule has 0 fully saturated rings. The lowest BCUT2D eigenvalue weighted by molar-refractivity contribution is 0.302. The predicted octanol–water partition coefficient (Wildman–Crippen LogP) is 3.89. The molecule has 0 saturated heterocycles. The van der Waals surface area contributed by atoms with Gasteiger partial charge in [0, 0.05) is 12.5 Å². The van der Waals surface area contributed by atoms with Crippen molar-refractivity contribution in [3.8, 4) is 0 Å². The topological polar surface area (TPSA) is 20.2 Å². The van der Waals surface area contributed by atoms with Crippen LogP contribution in [-0.2, 0) is 0 Å². The van der Waals surface area contributed by atoms with Crippen LogP contribution in [-0.4, -0.2) is 17.6 Å². The highest BCUT2D eigenvalue weighted by Gasteiger charge is 1.89. The Morgan fingerprint density at radius 2 is 1.36 bits per heavy atom. The fourth-order valence-electron chi connectivity index (χ4n) is 1.37. The van der Waals surface area contributed by atoms with Crippen molar-refractivity contribution in [2.45, 2.75) is 51.4 Å². The number of aliphatic hydroxyl groups excluding tert-OH is 1. The second-order valence-electron chi connectivity index (χ2n) is 3.58. The molecule has 84 valence electrons. The second kappa shape index (κ2) is 13.0. The van der Waals surface area contributed by atoms with E-state index in [9.17, 15) is 0 Å². The van der Waals surface area contributed by atoms with Gasteiger partial charge in [0.25, 0.3) is 0 Å². The first-order valence-electron chi connectivity index (χ1n) is 5.73. The number of halogens is 1. The first-order chi connectivity index (χ1) is 6.91. The molecular weight excluding hydrogens is 196 g/mol. The number of alkyl halides is 1. The lowest BCUT2D eigenvalue weighted by atomic mass is 10.1. The molecule has 0 bridgehead atoms. The number of hydrogen-bond donors (Lipinski definition) is 1. The standard InChI is InChI=1S/C12H23ClO/c13-11-9-7-5-3-1-2-4-6-8-10-12-14/h6,8,14H,1-5,7,9-12H2/b8-6+. The van der Waals surface area contributed by atoms with Gasteiger partial charge >= 0.3 is 0 Å². The number of hydrogen-bond acceptors (Lipinski definition) is 1. The quantitative estimate of drug-likeness (QED) is 0.335. The van der Waals surface area contributed by atoms with Crippen LogP contribution in [0.25, 0.3) is 0 Å². The summed E-state index contributed by atoms with van der Waals surface area (Å²) < 4.78 is 0. The molecule has 0 aromatic rings. The Kier molecular flexibility index (Phi) is 13.0. The average Bonchev–Trinajstić information content (AvgIpc) is 2.21.